The van der Waals surface area contributed by atoms with Gasteiger partial charge in [0.25, 0.3) is 0 Å². The molecule has 1 saturated heterocycles. The topological polar surface area (TPSA) is 29.5 Å². The third-order valence-electron chi connectivity index (χ3n) is 2.90. The average Bonchev–Trinajstić information content (AvgIpc) is 2.28. The van der Waals surface area contributed by atoms with E-state index in [1.54, 1.807) is 11.8 Å². The first-order chi connectivity index (χ1) is 7.76. The van der Waals surface area contributed by atoms with Crippen LogP contribution in [0, 0.1) is 0 Å². The Balaban J connectivity index is 2.09. The summed E-state index contributed by atoms with van der Waals surface area (Å²) in [7, 11) is 1.44. The maximum atomic E-state index is 11.4. The molecule has 4 heteroatoms. The lowest BCUT2D eigenvalue weighted by Crippen LogP contribution is -2.53. The number of methoxy groups -OCH3 is 1. The highest BCUT2D eigenvalue weighted by atomic mass is 32.2. The van der Waals surface area contributed by atoms with Gasteiger partial charge in [-0.05, 0) is 36.9 Å². The van der Waals surface area contributed by atoms with E-state index in [1.807, 2.05) is 0 Å². The van der Waals surface area contributed by atoms with Crippen LogP contribution < -0.4 is 4.90 Å². The molecule has 0 saturated carbocycles. The zero-order valence-electron chi connectivity index (χ0n) is 9.47. The number of anilines is 1. The van der Waals surface area contributed by atoms with Crippen molar-refractivity contribution in [3.8, 4) is 0 Å². The smallest absolute Gasteiger partial charge is 0.328 e. The molecule has 1 fully saturated rings. The van der Waals surface area contributed by atoms with E-state index in [-0.39, 0.29) is 12.0 Å². The summed E-state index contributed by atoms with van der Waals surface area (Å²) in [6, 6.07) is 8.17. The van der Waals surface area contributed by atoms with E-state index in [0.29, 0.717) is 0 Å². The van der Waals surface area contributed by atoms with E-state index >= 15 is 0 Å². The first-order valence-corrected chi connectivity index (χ1v) is 6.47. The van der Waals surface area contributed by atoms with Crippen molar-refractivity contribution in [3.05, 3.63) is 24.3 Å². The van der Waals surface area contributed by atoms with Crippen molar-refractivity contribution in [3.63, 3.8) is 0 Å². The molecule has 0 N–H and O–H groups in total. The summed E-state index contributed by atoms with van der Waals surface area (Å²) in [6.07, 6.45) is 2.94. The van der Waals surface area contributed by atoms with Crippen molar-refractivity contribution in [1.29, 1.82) is 0 Å². The number of hydrogen-bond donors (Lipinski definition) is 0. The van der Waals surface area contributed by atoms with Crippen LogP contribution >= 0.6 is 11.8 Å². The largest absolute Gasteiger partial charge is 0.467 e. The van der Waals surface area contributed by atoms with Gasteiger partial charge in [-0.25, -0.2) is 4.79 Å². The van der Waals surface area contributed by atoms with E-state index in [1.165, 1.54) is 12.0 Å². The van der Waals surface area contributed by atoms with Crippen molar-refractivity contribution in [1.82, 2.24) is 0 Å². The second-order valence-electron chi connectivity index (χ2n) is 3.72. The number of rotatable bonds is 3. The van der Waals surface area contributed by atoms with Crippen molar-refractivity contribution in [2.45, 2.75) is 17.4 Å². The molecule has 1 aromatic carbocycles. The van der Waals surface area contributed by atoms with Crippen LogP contribution in [0.4, 0.5) is 5.69 Å². The number of hydrogen-bond acceptors (Lipinski definition) is 4. The minimum absolute atomic E-state index is 0.0925. The van der Waals surface area contributed by atoms with Crippen LogP contribution in [0.3, 0.4) is 0 Å². The lowest BCUT2D eigenvalue weighted by Gasteiger charge is -2.40. The Morgan fingerprint density at radius 1 is 1.44 bits per heavy atom. The van der Waals surface area contributed by atoms with Gasteiger partial charge in [-0.1, -0.05) is 0 Å². The summed E-state index contributed by atoms with van der Waals surface area (Å²) < 4.78 is 4.77. The number of carbonyl (C=O) groups excluding carboxylic acids is 1. The Morgan fingerprint density at radius 3 is 2.56 bits per heavy atom. The maximum Gasteiger partial charge on any atom is 0.328 e. The molecule has 0 aromatic heterocycles. The van der Waals surface area contributed by atoms with E-state index in [4.69, 9.17) is 4.74 Å². The Morgan fingerprint density at radius 2 is 2.12 bits per heavy atom. The Kier molecular flexibility index (Phi) is 3.39. The quantitative estimate of drug-likeness (QED) is 0.595. The van der Waals surface area contributed by atoms with Crippen LogP contribution in [0.1, 0.15) is 6.42 Å². The van der Waals surface area contributed by atoms with Crippen molar-refractivity contribution < 1.29 is 9.53 Å². The van der Waals surface area contributed by atoms with Gasteiger partial charge in [0.15, 0.2) is 0 Å². The van der Waals surface area contributed by atoms with Crippen molar-refractivity contribution in [2.24, 2.45) is 0 Å². The van der Waals surface area contributed by atoms with E-state index in [9.17, 15) is 4.79 Å². The molecule has 3 nitrogen and oxygen atoms in total. The molecule has 2 rings (SSSR count). The highest BCUT2D eigenvalue weighted by Gasteiger charge is 2.34. The summed E-state index contributed by atoms with van der Waals surface area (Å²) in [4.78, 5) is 14.7. The summed E-state index contributed by atoms with van der Waals surface area (Å²) in [5.41, 5.74) is 1.10. The highest BCUT2D eigenvalue weighted by Crippen LogP contribution is 2.28. The van der Waals surface area contributed by atoms with Gasteiger partial charge >= 0.3 is 5.97 Å². The molecule has 86 valence electrons. The minimum atomic E-state index is -0.139. The van der Waals surface area contributed by atoms with E-state index in [2.05, 4.69) is 35.4 Å². The lowest BCUT2D eigenvalue weighted by atomic mass is 10.0. The number of thioether (sulfide) groups is 1. The summed E-state index contributed by atoms with van der Waals surface area (Å²) >= 11 is 1.72. The van der Waals surface area contributed by atoms with Crippen LogP contribution in [-0.4, -0.2) is 31.9 Å². The van der Waals surface area contributed by atoms with E-state index < -0.39 is 0 Å². The Hall–Kier alpha value is -1.16. The molecule has 1 aliphatic heterocycles. The Bertz CT molecular complexity index is 377. The second-order valence-corrected chi connectivity index (χ2v) is 4.60. The molecule has 1 aliphatic rings. The van der Waals surface area contributed by atoms with Gasteiger partial charge in [-0.2, -0.15) is 0 Å². The van der Waals surface area contributed by atoms with Crippen LogP contribution in [0.25, 0.3) is 0 Å². The zero-order valence-corrected chi connectivity index (χ0v) is 10.3. The molecule has 0 amide bonds. The first kappa shape index (κ1) is 11.3. The number of nitrogens with zero attached hydrogens (tertiary/aromatic N) is 1. The highest BCUT2D eigenvalue weighted by molar-refractivity contribution is 7.98. The second kappa shape index (κ2) is 4.78. The average molecular weight is 237 g/mol. The van der Waals surface area contributed by atoms with Crippen LogP contribution in [0.5, 0.6) is 0 Å². The van der Waals surface area contributed by atoms with Crippen LogP contribution in [-0.2, 0) is 9.53 Å². The van der Waals surface area contributed by atoms with Crippen molar-refractivity contribution in [2.75, 3.05) is 24.8 Å². The molecular formula is C12H15NO2S. The summed E-state index contributed by atoms with van der Waals surface area (Å²) in [6.45, 7) is 0.929. The van der Waals surface area contributed by atoms with Gasteiger partial charge in [-0.15, -0.1) is 11.8 Å². The molecule has 1 heterocycles. The standard InChI is InChI=1S/C12H15NO2S/c1-15-12(14)11-7-8-13(11)9-3-5-10(16-2)6-4-9/h3-6,11H,7-8H2,1-2H3. The number of benzene rings is 1. The number of esters is 1. The molecule has 16 heavy (non-hydrogen) atoms. The number of carbonyl (C=O) groups is 1. The zero-order chi connectivity index (χ0) is 11.5. The molecule has 1 atom stereocenters. The fourth-order valence-electron chi connectivity index (χ4n) is 1.85. The molecule has 0 aliphatic carbocycles. The van der Waals surface area contributed by atoms with Crippen molar-refractivity contribution >= 4 is 23.4 Å². The summed E-state index contributed by atoms with van der Waals surface area (Å²) in [5.74, 6) is -0.139. The predicted molar refractivity (Wildman–Crippen MR) is 66.0 cm³/mol. The molecular weight excluding hydrogens is 222 g/mol. The molecule has 1 unspecified atom stereocenters. The fourth-order valence-corrected chi connectivity index (χ4v) is 2.26. The molecule has 0 bridgehead atoms. The minimum Gasteiger partial charge on any atom is -0.467 e. The van der Waals surface area contributed by atoms with Gasteiger partial charge in [0.1, 0.15) is 6.04 Å². The van der Waals surface area contributed by atoms with Gasteiger partial charge in [0.2, 0.25) is 0 Å². The monoisotopic (exact) mass is 237 g/mol. The van der Waals surface area contributed by atoms with Gasteiger partial charge < -0.3 is 9.64 Å². The van der Waals surface area contributed by atoms with E-state index in [0.717, 1.165) is 18.7 Å². The SMILES string of the molecule is COC(=O)C1CCN1c1ccc(SC)cc1. The number of ether oxygens (including phenoxy) is 1. The third kappa shape index (κ3) is 2.02. The van der Waals surface area contributed by atoms with Gasteiger partial charge in [0, 0.05) is 17.1 Å². The molecule has 0 spiro atoms. The van der Waals surface area contributed by atoms with Gasteiger partial charge in [0.05, 0.1) is 7.11 Å². The Labute approximate surface area is 99.8 Å². The summed E-state index contributed by atoms with van der Waals surface area (Å²) in [5, 5.41) is 0. The normalized spacial score (nSPS) is 19.1. The molecule has 1 aromatic rings. The molecule has 0 radical (unpaired) electrons. The lowest BCUT2D eigenvalue weighted by molar-refractivity contribution is -0.143. The van der Waals surface area contributed by atoms with Gasteiger partial charge in [-0.3, -0.25) is 0 Å². The predicted octanol–water partition coefficient (Wildman–Crippen LogP) is 2.16. The maximum absolute atomic E-state index is 11.4. The van der Waals surface area contributed by atoms with Crippen LogP contribution in [0.2, 0.25) is 0 Å². The first-order valence-electron chi connectivity index (χ1n) is 5.25. The third-order valence-corrected chi connectivity index (χ3v) is 3.64. The fraction of sp³-hybridized carbons (Fsp3) is 0.417. The van der Waals surface area contributed by atoms with Crippen LogP contribution in [0.15, 0.2) is 29.2 Å².